The van der Waals surface area contributed by atoms with Gasteiger partial charge in [0.2, 0.25) is 0 Å². The van der Waals surface area contributed by atoms with Gasteiger partial charge in [-0.3, -0.25) is 9.59 Å². The summed E-state index contributed by atoms with van der Waals surface area (Å²) in [6.45, 7) is 0.631. The van der Waals surface area contributed by atoms with Crippen LogP contribution in [0.25, 0.3) is 11.6 Å². The zero-order valence-electron chi connectivity index (χ0n) is 19.9. The Morgan fingerprint density at radius 3 is 2.82 bits per heavy atom. The van der Waals surface area contributed by atoms with Gasteiger partial charge >= 0.3 is 0 Å². The topological polar surface area (TPSA) is 121 Å². The number of nitrogens with one attached hydrogen (secondary N) is 4. The number of pyridine rings is 1. The molecule has 0 fully saturated rings. The number of benzene rings is 2. The van der Waals surface area contributed by atoms with Crippen molar-refractivity contribution in [2.24, 2.45) is 0 Å². The first kappa shape index (κ1) is 24.6. The van der Waals surface area contributed by atoms with Crippen molar-refractivity contribution < 1.29 is 23.1 Å². The van der Waals surface area contributed by atoms with E-state index < -0.39 is 17.5 Å². The molecule has 0 atom stereocenters. The molecule has 3 heterocycles. The van der Waals surface area contributed by atoms with E-state index in [1.807, 2.05) is 6.07 Å². The second kappa shape index (κ2) is 10.9. The molecule has 0 saturated heterocycles. The molecule has 0 saturated carbocycles. The van der Waals surface area contributed by atoms with Gasteiger partial charge in [0, 0.05) is 24.4 Å². The molecule has 0 bridgehead atoms. The minimum absolute atomic E-state index is 0.0289. The van der Waals surface area contributed by atoms with Crippen molar-refractivity contribution in [1.82, 2.24) is 20.3 Å². The molecule has 1 aliphatic heterocycles. The van der Waals surface area contributed by atoms with Crippen LogP contribution in [0.5, 0.6) is 5.75 Å². The molecule has 2 aromatic heterocycles. The number of carbonyl (C=O) groups excluding carboxylic acids is 2. The van der Waals surface area contributed by atoms with E-state index in [0.717, 1.165) is 23.4 Å². The molecule has 38 heavy (non-hydrogen) atoms. The van der Waals surface area contributed by atoms with Gasteiger partial charge in [0.25, 0.3) is 11.8 Å². The molecule has 0 spiro atoms. The number of carbonyl (C=O) groups is 2. The average molecular weight is 517 g/mol. The molecule has 0 aliphatic carbocycles. The quantitative estimate of drug-likeness (QED) is 0.197. The summed E-state index contributed by atoms with van der Waals surface area (Å²) in [7, 11) is 0. The van der Waals surface area contributed by atoms with E-state index in [0.29, 0.717) is 40.5 Å². The van der Waals surface area contributed by atoms with Crippen molar-refractivity contribution in [2.75, 3.05) is 23.8 Å². The molecule has 2 aromatic carbocycles. The third kappa shape index (κ3) is 5.51. The van der Waals surface area contributed by atoms with Crippen LogP contribution in [-0.4, -0.2) is 39.9 Å². The molecular formula is C27H22F2N6O3. The predicted molar refractivity (Wildman–Crippen MR) is 137 cm³/mol. The van der Waals surface area contributed by atoms with Gasteiger partial charge in [-0.15, -0.1) is 0 Å². The minimum Gasteiger partial charge on any atom is -0.492 e. The number of imidazole rings is 1. The zero-order chi connectivity index (χ0) is 26.5. The van der Waals surface area contributed by atoms with Crippen molar-refractivity contribution in [2.45, 2.75) is 6.54 Å². The first-order valence-electron chi connectivity index (χ1n) is 11.7. The van der Waals surface area contributed by atoms with Crippen LogP contribution in [0.2, 0.25) is 0 Å². The molecule has 5 rings (SSSR count). The maximum absolute atomic E-state index is 13.4. The van der Waals surface area contributed by atoms with Gasteiger partial charge in [-0.05, 0) is 48.0 Å². The van der Waals surface area contributed by atoms with E-state index in [4.69, 9.17) is 4.74 Å². The number of ether oxygens (including phenoxy) is 1. The third-order valence-corrected chi connectivity index (χ3v) is 5.75. The van der Waals surface area contributed by atoms with Crippen LogP contribution in [0.3, 0.4) is 0 Å². The molecule has 192 valence electrons. The maximum Gasteiger partial charge on any atom is 0.256 e. The number of aromatic nitrogens is 3. The van der Waals surface area contributed by atoms with Gasteiger partial charge in [-0.25, -0.2) is 18.7 Å². The molecule has 9 nitrogen and oxygen atoms in total. The normalized spacial score (nSPS) is 13.2. The molecular weight excluding hydrogens is 494 g/mol. The summed E-state index contributed by atoms with van der Waals surface area (Å²) in [6, 6.07) is 12.0. The zero-order valence-corrected chi connectivity index (χ0v) is 19.9. The van der Waals surface area contributed by atoms with Crippen molar-refractivity contribution in [3.8, 4) is 5.75 Å². The molecule has 2 amide bonds. The first-order chi connectivity index (χ1) is 18.5. The Balaban J connectivity index is 1.16. The molecule has 0 unspecified atom stereocenters. The lowest BCUT2D eigenvalue weighted by molar-refractivity contribution is -0.110. The number of amides is 2. The van der Waals surface area contributed by atoms with Gasteiger partial charge in [0.05, 0.1) is 41.6 Å². The lowest BCUT2D eigenvalue weighted by Gasteiger charge is -2.12. The number of hydrogen-bond donors (Lipinski definition) is 4. The Morgan fingerprint density at radius 1 is 1.11 bits per heavy atom. The Morgan fingerprint density at radius 2 is 2.00 bits per heavy atom. The van der Waals surface area contributed by atoms with E-state index in [9.17, 15) is 18.4 Å². The highest BCUT2D eigenvalue weighted by Crippen LogP contribution is 2.35. The van der Waals surface area contributed by atoms with Gasteiger partial charge in [0.1, 0.15) is 18.2 Å². The van der Waals surface area contributed by atoms with Crippen LogP contribution < -0.4 is 20.7 Å². The Kier molecular flexibility index (Phi) is 7.07. The summed E-state index contributed by atoms with van der Waals surface area (Å²) in [6.07, 6.45) is 6.46. The van der Waals surface area contributed by atoms with Crippen molar-refractivity contribution in [3.05, 3.63) is 101 Å². The average Bonchev–Trinajstić information content (AvgIpc) is 3.55. The lowest BCUT2D eigenvalue weighted by atomic mass is 10.1. The van der Waals surface area contributed by atoms with E-state index in [-0.39, 0.29) is 19.1 Å². The number of rotatable bonds is 9. The van der Waals surface area contributed by atoms with E-state index in [1.165, 1.54) is 6.07 Å². The highest BCUT2D eigenvalue weighted by atomic mass is 19.2. The highest BCUT2D eigenvalue weighted by molar-refractivity contribution is 6.34. The van der Waals surface area contributed by atoms with Crippen molar-refractivity contribution >= 4 is 35.0 Å². The van der Waals surface area contributed by atoms with Crippen LogP contribution in [0.1, 0.15) is 27.2 Å². The fraction of sp³-hybridized carbons (Fsp3) is 0.111. The standard InChI is InChI=1S/C27H22F2N6O3/c28-22-6-3-16(10-23(22)29)13-33-26(36)20-2-1-7-31-25(20)32-8-9-38-18-4-5-19-21(11-17-14-30-15-34-17)27(37)35-24(19)12-18/h1-7,10-12,14-15H,8-9,13H2,(H,30,34)(H,31,32)(H,33,36)(H,35,37). The van der Waals surface area contributed by atoms with E-state index in [2.05, 4.69) is 30.9 Å². The molecule has 0 radical (unpaired) electrons. The van der Waals surface area contributed by atoms with Crippen LogP contribution in [0, 0.1) is 11.6 Å². The lowest BCUT2D eigenvalue weighted by Crippen LogP contribution is -2.25. The van der Waals surface area contributed by atoms with Gasteiger partial charge in [-0.2, -0.15) is 0 Å². The van der Waals surface area contributed by atoms with Crippen molar-refractivity contribution in [3.63, 3.8) is 0 Å². The van der Waals surface area contributed by atoms with E-state index in [1.54, 1.807) is 49.1 Å². The summed E-state index contributed by atoms with van der Waals surface area (Å²) in [5.74, 6) is -1.62. The number of nitrogens with zero attached hydrogens (tertiary/aromatic N) is 2. The van der Waals surface area contributed by atoms with Crippen LogP contribution in [0.4, 0.5) is 20.3 Å². The van der Waals surface area contributed by atoms with Crippen molar-refractivity contribution in [1.29, 1.82) is 0 Å². The second-order valence-corrected chi connectivity index (χ2v) is 8.33. The molecule has 4 aromatic rings. The van der Waals surface area contributed by atoms with Crippen LogP contribution in [-0.2, 0) is 11.3 Å². The van der Waals surface area contributed by atoms with Crippen LogP contribution >= 0.6 is 0 Å². The van der Waals surface area contributed by atoms with Crippen LogP contribution in [0.15, 0.2) is 67.3 Å². The minimum atomic E-state index is -0.975. The summed E-state index contributed by atoms with van der Waals surface area (Å²) >= 11 is 0. The Hall–Kier alpha value is -5.06. The third-order valence-electron chi connectivity index (χ3n) is 5.75. The number of H-pyrrole nitrogens is 1. The van der Waals surface area contributed by atoms with Gasteiger partial charge in [0.15, 0.2) is 11.6 Å². The molecule has 1 aliphatic rings. The molecule has 4 N–H and O–H groups in total. The summed E-state index contributed by atoms with van der Waals surface area (Å²) in [4.78, 5) is 36.2. The fourth-order valence-electron chi connectivity index (χ4n) is 3.90. The van der Waals surface area contributed by atoms with E-state index >= 15 is 0 Å². The van der Waals surface area contributed by atoms with Gasteiger partial charge < -0.3 is 25.7 Å². The van der Waals surface area contributed by atoms with Gasteiger partial charge in [-0.1, -0.05) is 6.07 Å². The summed E-state index contributed by atoms with van der Waals surface area (Å²) in [5, 5.41) is 8.59. The Bertz CT molecular complexity index is 1520. The molecule has 11 heteroatoms. The largest absolute Gasteiger partial charge is 0.492 e. The number of aromatic amines is 1. The summed E-state index contributed by atoms with van der Waals surface area (Å²) < 4.78 is 32.3. The monoisotopic (exact) mass is 516 g/mol. The number of halogens is 2. The Labute approximate surface area is 216 Å². The number of anilines is 2. The SMILES string of the molecule is O=C1Nc2cc(OCCNc3ncccc3C(=O)NCc3ccc(F)c(F)c3)ccc2C1=Cc1cnc[nH]1. The smallest absolute Gasteiger partial charge is 0.256 e. The predicted octanol–water partition coefficient (Wildman–Crippen LogP) is 4.00. The number of hydrogen-bond acceptors (Lipinski definition) is 6. The summed E-state index contributed by atoms with van der Waals surface area (Å²) in [5.41, 5.74) is 3.40. The fourth-order valence-corrected chi connectivity index (χ4v) is 3.90. The first-order valence-corrected chi connectivity index (χ1v) is 11.7. The highest BCUT2D eigenvalue weighted by Gasteiger charge is 2.24. The number of fused-ring (bicyclic) bond motifs is 1. The maximum atomic E-state index is 13.4. The second-order valence-electron chi connectivity index (χ2n) is 8.33.